The Morgan fingerprint density at radius 1 is 1.59 bits per heavy atom. The van der Waals surface area contributed by atoms with Gasteiger partial charge < -0.3 is 14.7 Å². The fourth-order valence-electron chi connectivity index (χ4n) is 1.84. The maximum absolute atomic E-state index is 12.1. The minimum absolute atomic E-state index is 0.0759. The van der Waals surface area contributed by atoms with Crippen LogP contribution in [-0.4, -0.2) is 42.2 Å². The van der Waals surface area contributed by atoms with Crippen LogP contribution in [0.1, 0.15) is 16.8 Å². The van der Waals surface area contributed by atoms with Crippen LogP contribution in [0.2, 0.25) is 0 Å². The molecule has 0 bridgehead atoms. The Bertz CT molecular complexity index is 430. The first-order chi connectivity index (χ1) is 8.09. The highest BCUT2D eigenvalue weighted by atomic mass is 79.9. The summed E-state index contributed by atoms with van der Waals surface area (Å²) in [6, 6.07) is 4.96. The second kappa shape index (κ2) is 5.06. The van der Waals surface area contributed by atoms with E-state index in [0.717, 1.165) is 6.42 Å². The third kappa shape index (κ3) is 2.61. The van der Waals surface area contributed by atoms with Crippen LogP contribution in [0.15, 0.2) is 22.7 Å². The molecule has 92 valence electrons. The van der Waals surface area contributed by atoms with E-state index in [1.807, 2.05) is 0 Å². The fraction of sp³-hybridized carbons (Fsp3) is 0.417. The van der Waals surface area contributed by atoms with E-state index in [9.17, 15) is 9.90 Å². The maximum atomic E-state index is 12.1. The molecule has 1 aromatic carbocycles. The molecule has 4 nitrogen and oxygen atoms in total. The summed E-state index contributed by atoms with van der Waals surface area (Å²) in [6.45, 7) is 1.29. The first-order valence-electron chi connectivity index (χ1n) is 5.43. The highest BCUT2D eigenvalue weighted by molar-refractivity contribution is 9.10. The van der Waals surface area contributed by atoms with Gasteiger partial charge in [0.05, 0.1) is 17.1 Å². The molecule has 0 aliphatic carbocycles. The monoisotopic (exact) mass is 299 g/mol. The van der Waals surface area contributed by atoms with Gasteiger partial charge in [-0.2, -0.15) is 0 Å². The van der Waals surface area contributed by atoms with Crippen LogP contribution in [0.3, 0.4) is 0 Å². The Morgan fingerprint density at radius 3 is 2.94 bits per heavy atom. The molecular formula is C12H14BrNO3. The normalized spacial score (nSPS) is 19.3. The van der Waals surface area contributed by atoms with Crippen molar-refractivity contribution in [3.05, 3.63) is 28.2 Å². The van der Waals surface area contributed by atoms with Crippen molar-refractivity contribution >= 4 is 21.8 Å². The summed E-state index contributed by atoms with van der Waals surface area (Å²) in [4.78, 5) is 13.8. The fourth-order valence-corrected chi connectivity index (χ4v) is 2.09. The number of likely N-dealkylation sites (N-methyl/N-ethyl adjacent to an activating group) is 1. The van der Waals surface area contributed by atoms with Crippen LogP contribution >= 0.6 is 15.9 Å². The number of phenolic OH excluding ortho intramolecular Hbond substituents is 1. The molecule has 5 heteroatoms. The van der Waals surface area contributed by atoms with Crippen molar-refractivity contribution in [1.29, 1.82) is 0 Å². The smallest absolute Gasteiger partial charge is 0.254 e. The molecule has 2 rings (SSSR count). The van der Waals surface area contributed by atoms with Crippen molar-refractivity contribution < 1.29 is 14.6 Å². The van der Waals surface area contributed by atoms with Gasteiger partial charge in [0.1, 0.15) is 5.75 Å². The summed E-state index contributed by atoms with van der Waals surface area (Å²) in [5.74, 6) is -0.0183. The van der Waals surface area contributed by atoms with E-state index in [1.54, 1.807) is 24.1 Å². The molecule has 1 aliphatic heterocycles. The molecule has 1 fully saturated rings. The maximum Gasteiger partial charge on any atom is 0.254 e. The number of benzene rings is 1. The van der Waals surface area contributed by atoms with Gasteiger partial charge in [0.25, 0.3) is 5.91 Å². The number of hydrogen-bond acceptors (Lipinski definition) is 3. The zero-order valence-corrected chi connectivity index (χ0v) is 11.1. The van der Waals surface area contributed by atoms with E-state index in [1.165, 1.54) is 6.07 Å². The van der Waals surface area contributed by atoms with E-state index >= 15 is 0 Å². The van der Waals surface area contributed by atoms with Crippen LogP contribution in [0.25, 0.3) is 0 Å². The molecule has 1 atom stereocenters. The lowest BCUT2D eigenvalue weighted by Crippen LogP contribution is -2.37. The predicted octanol–water partition coefficient (Wildman–Crippen LogP) is 2.02. The highest BCUT2D eigenvalue weighted by Gasteiger charge is 2.25. The second-order valence-electron chi connectivity index (χ2n) is 4.10. The van der Waals surface area contributed by atoms with Gasteiger partial charge in [0, 0.05) is 19.2 Å². The molecule has 0 saturated carbocycles. The zero-order chi connectivity index (χ0) is 12.4. The van der Waals surface area contributed by atoms with Gasteiger partial charge in [-0.3, -0.25) is 4.79 Å². The largest absolute Gasteiger partial charge is 0.507 e. The number of ether oxygens (including phenoxy) is 1. The molecule has 0 spiro atoms. The number of rotatable bonds is 2. The Morgan fingerprint density at radius 2 is 2.35 bits per heavy atom. The van der Waals surface area contributed by atoms with Gasteiger partial charge in [-0.05, 0) is 40.5 Å². The first kappa shape index (κ1) is 12.4. The second-order valence-corrected chi connectivity index (χ2v) is 4.95. The van der Waals surface area contributed by atoms with Crippen LogP contribution in [-0.2, 0) is 4.74 Å². The van der Waals surface area contributed by atoms with Gasteiger partial charge in [-0.15, -0.1) is 0 Å². The van der Waals surface area contributed by atoms with Crippen molar-refractivity contribution in [2.24, 2.45) is 0 Å². The summed E-state index contributed by atoms with van der Waals surface area (Å²) in [6.07, 6.45) is 0.866. The predicted molar refractivity (Wildman–Crippen MR) is 67.1 cm³/mol. The Hall–Kier alpha value is -1.07. The van der Waals surface area contributed by atoms with Gasteiger partial charge in [0.2, 0.25) is 0 Å². The first-order valence-corrected chi connectivity index (χ1v) is 6.22. The Balaban J connectivity index is 2.15. The van der Waals surface area contributed by atoms with Crippen molar-refractivity contribution in [1.82, 2.24) is 4.90 Å². The average Bonchev–Trinajstić information content (AvgIpc) is 2.84. The molecule has 1 saturated heterocycles. The molecule has 1 aliphatic rings. The molecule has 0 radical (unpaired) electrons. The molecular weight excluding hydrogens is 286 g/mol. The minimum Gasteiger partial charge on any atom is -0.507 e. The summed E-state index contributed by atoms with van der Waals surface area (Å²) in [5, 5.41) is 9.55. The van der Waals surface area contributed by atoms with E-state index in [4.69, 9.17) is 4.74 Å². The number of amides is 1. The lowest BCUT2D eigenvalue weighted by molar-refractivity contribution is 0.0711. The van der Waals surface area contributed by atoms with Gasteiger partial charge in [0.15, 0.2) is 0 Å². The van der Waals surface area contributed by atoms with Gasteiger partial charge in [-0.1, -0.05) is 0 Å². The van der Waals surface area contributed by atoms with Crippen LogP contribution < -0.4 is 0 Å². The SMILES string of the molecule is CN(C(=O)c1ccc(Br)c(O)c1)C1CCOC1. The molecule has 1 amide bonds. The number of aromatic hydroxyl groups is 1. The van der Waals surface area contributed by atoms with E-state index in [2.05, 4.69) is 15.9 Å². The van der Waals surface area contributed by atoms with Crippen LogP contribution in [0.4, 0.5) is 0 Å². The number of phenols is 1. The molecule has 1 aromatic rings. The number of carbonyl (C=O) groups excluding carboxylic acids is 1. The summed E-state index contributed by atoms with van der Waals surface area (Å²) >= 11 is 3.19. The third-order valence-corrected chi connectivity index (χ3v) is 3.64. The van der Waals surface area contributed by atoms with Gasteiger partial charge in [-0.25, -0.2) is 0 Å². The van der Waals surface area contributed by atoms with E-state index in [-0.39, 0.29) is 17.7 Å². The van der Waals surface area contributed by atoms with Crippen molar-refractivity contribution in [3.63, 3.8) is 0 Å². The van der Waals surface area contributed by atoms with Crippen molar-refractivity contribution in [2.45, 2.75) is 12.5 Å². The third-order valence-electron chi connectivity index (χ3n) is 2.97. The lowest BCUT2D eigenvalue weighted by Gasteiger charge is -2.23. The van der Waals surface area contributed by atoms with E-state index in [0.29, 0.717) is 23.2 Å². The summed E-state index contributed by atoms with van der Waals surface area (Å²) in [5.41, 5.74) is 0.486. The van der Waals surface area contributed by atoms with Crippen LogP contribution in [0, 0.1) is 0 Å². The zero-order valence-electron chi connectivity index (χ0n) is 9.52. The quantitative estimate of drug-likeness (QED) is 0.909. The van der Waals surface area contributed by atoms with Gasteiger partial charge >= 0.3 is 0 Å². The number of carbonyl (C=O) groups is 1. The van der Waals surface area contributed by atoms with Crippen molar-refractivity contribution in [3.8, 4) is 5.75 Å². The number of nitrogens with zero attached hydrogens (tertiary/aromatic N) is 1. The molecule has 1 heterocycles. The number of hydrogen-bond donors (Lipinski definition) is 1. The Labute approximate surface area is 108 Å². The summed E-state index contributed by atoms with van der Waals surface area (Å²) in [7, 11) is 1.76. The van der Waals surface area contributed by atoms with Crippen LogP contribution in [0.5, 0.6) is 5.75 Å². The van der Waals surface area contributed by atoms with Crippen molar-refractivity contribution in [2.75, 3.05) is 20.3 Å². The topological polar surface area (TPSA) is 49.8 Å². The van der Waals surface area contributed by atoms with E-state index < -0.39 is 0 Å². The minimum atomic E-state index is -0.0942. The molecule has 1 N–H and O–H groups in total. The Kier molecular flexibility index (Phi) is 3.69. The number of halogens is 1. The molecule has 0 aromatic heterocycles. The average molecular weight is 300 g/mol. The lowest BCUT2D eigenvalue weighted by atomic mass is 10.1. The molecule has 1 unspecified atom stereocenters. The molecule has 17 heavy (non-hydrogen) atoms. The highest BCUT2D eigenvalue weighted by Crippen LogP contribution is 2.25. The standard InChI is InChI=1S/C12H14BrNO3/c1-14(9-4-5-17-7-9)12(16)8-2-3-10(13)11(15)6-8/h2-3,6,9,15H,4-5,7H2,1H3. The summed E-state index contributed by atoms with van der Waals surface area (Å²) < 4.78 is 5.84.